The molecule has 1 aliphatic heterocycles. The number of hydrogen-bond donors (Lipinski definition) is 1. The molecule has 0 radical (unpaired) electrons. The van der Waals surface area contributed by atoms with Crippen LogP contribution in [0.1, 0.15) is 79.6 Å². The fourth-order valence-corrected chi connectivity index (χ4v) is 3.84. The molecule has 2 fully saturated rings. The molecule has 0 aromatic rings. The molecule has 2 nitrogen and oxygen atoms in total. The minimum absolute atomic E-state index is 0.278. The SMILES string of the molecule is CCCNC(CC(C)C(C)(C)C)C1CCOC2(CCC2)C1. The molecule has 3 unspecified atom stereocenters. The van der Waals surface area contributed by atoms with E-state index < -0.39 is 0 Å². The van der Waals surface area contributed by atoms with Crippen LogP contribution in [0.25, 0.3) is 0 Å². The zero-order valence-electron chi connectivity index (χ0n) is 15.0. The van der Waals surface area contributed by atoms with Crippen LogP contribution in [0, 0.1) is 17.3 Å². The van der Waals surface area contributed by atoms with Crippen LogP contribution in [0.4, 0.5) is 0 Å². The number of rotatable bonds is 6. The standard InChI is InChI=1S/C19H37NO/c1-6-11-20-17(13-15(2)18(3,4)5)16-8-12-21-19(14-16)9-7-10-19/h15-17,20H,6-14H2,1-5H3. The van der Waals surface area contributed by atoms with Gasteiger partial charge in [-0.3, -0.25) is 0 Å². The molecule has 0 aromatic carbocycles. The minimum atomic E-state index is 0.278. The summed E-state index contributed by atoms with van der Waals surface area (Å²) in [6.45, 7) is 14.0. The summed E-state index contributed by atoms with van der Waals surface area (Å²) >= 11 is 0. The van der Waals surface area contributed by atoms with Crippen molar-refractivity contribution in [2.75, 3.05) is 13.2 Å². The summed E-state index contributed by atoms with van der Waals surface area (Å²) in [4.78, 5) is 0. The molecule has 2 aliphatic rings. The molecular formula is C19H37NO. The van der Waals surface area contributed by atoms with Gasteiger partial charge in [-0.05, 0) is 68.7 Å². The van der Waals surface area contributed by atoms with Crippen molar-refractivity contribution < 1.29 is 4.74 Å². The van der Waals surface area contributed by atoms with Crippen molar-refractivity contribution in [3.05, 3.63) is 0 Å². The van der Waals surface area contributed by atoms with Crippen LogP contribution in [0.5, 0.6) is 0 Å². The zero-order chi connectivity index (χ0) is 15.5. The van der Waals surface area contributed by atoms with Crippen LogP contribution in [0.15, 0.2) is 0 Å². The molecule has 124 valence electrons. The Kier molecular flexibility index (Phi) is 5.76. The lowest BCUT2D eigenvalue weighted by Crippen LogP contribution is -2.51. The molecule has 3 atom stereocenters. The molecule has 2 rings (SSSR count). The lowest BCUT2D eigenvalue weighted by molar-refractivity contribution is -0.148. The van der Waals surface area contributed by atoms with Crippen molar-refractivity contribution in [1.29, 1.82) is 0 Å². The van der Waals surface area contributed by atoms with Gasteiger partial charge in [-0.15, -0.1) is 0 Å². The van der Waals surface area contributed by atoms with E-state index in [1.54, 1.807) is 0 Å². The lowest BCUT2D eigenvalue weighted by atomic mass is 9.68. The molecule has 0 amide bonds. The summed E-state index contributed by atoms with van der Waals surface area (Å²) in [5.74, 6) is 1.57. The number of nitrogens with one attached hydrogen (secondary N) is 1. The summed E-state index contributed by atoms with van der Waals surface area (Å²) in [7, 11) is 0. The number of hydrogen-bond acceptors (Lipinski definition) is 2. The first-order chi connectivity index (χ1) is 9.86. The second kappa shape index (κ2) is 7.00. The summed E-state index contributed by atoms with van der Waals surface area (Å²) in [6.07, 6.45) is 9.07. The molecule has 1 saturated heterocycles. The Labute approximate surface area is 132 Å². The van der Waals surface area contributed by atoms with Crippen molar-refractivity contribution in [2.24, 2.45) is 17.3 Å². The third kappa shape index (κ3) is 4.45. The van der Waals surface area contributed by atoms with Crippen LogP contribution < -0.4 is 5.32 Å². The van der Waals surface area contributed by atoms with Gasteiger partial charge >= 0.3 is 0 Å². The van der Waals surface area contributed by atoms with Crippen molar-refractivity contribution in [3.63, 3.8) is 0 Å². The molecule has 1 aliphatic carbocycles. The highest BCUT2D eigenvalue weighted by Gasteiger charge is 2.44. The van der Waals surface area contributed by atoms with E-state index in [9.17, 15) is 0 Å². The molecule has 1 heterocycles. The summed E-state index contributed by atoms with van der Waals surface area (Å²) in [5, 5.41) is 3.87. The van der Waals surface area contributed by atoms with Gasteiger partial charge in [-0.2, -0.15) is 0 Å². The average Bonchev–Trinajstić information content (AvgIpc) is 2.40. The maximum absolute atomic E-state index is 6.13. The summed E-state index contributed by atoms with van der Waals surface area (Å²) in [6, 6.07) is 0.681. The Hall–Kier alpha value is -0.0800. The first-order valence-electron chi connectivity index (χ1n) is 9.24. The largest absolute Gasteiger partial charge is 0.375 e. The van der Waals surface area contributed by atoms with E-state index in [1.165, 1.54) is 44.9 Å². The Morgan fingerprint density at radius 1 is 1.29 bits per heavy atom. The predicted molar refractivity (Wildman–Crippen MR) is 90.6 cm³/mol. The van der Waals surface area contributed by atoms with Crippen molar-refractivity contribution >= 4 is 0 Å². The van der Waals surface area contributed by atoms with Gasteiger partial charge in [-0.25, -0.2) is 0 Å². The predicted octanol–water partition coefficient (Wildman–Crippen LogP) is 4.78. The van der Waals surface area contributed by atoms with Crippen molar-refractivity contribution in [1.82, 2.24) is 5.32 Å². The number of ether oxygens (including phenoxy) is 1. The Bertz CT molecular complexity index is 316. The second-order valence-corrected chi connectivity index (χ2v) is 8.70. The normalized spacial score (nSPS) is 28.1. The molecule has 1 N–H and O–H groups in total. The van der Waals surface area contributed by atoms with Gasteiger partial charge in [0.15, 0.2) is 0 Å². The third-order valence-electron chi connectivity index (χ3n) is 6.11. The van der Waals surface area contributed by atoms with Crippen LogP contribution >= 0.6 is 0 Å². The van der Waals surface area contributed by atoms with Crippen LogP contribution in [0.3, 0.4) is 0 Å². The Morgan fingerprint density at radius 3 is 2.52 bits per heavy atom. The summed E-state index contributed by atoms with van der Waals surface area (Å²) in [5.41, 5.74) is 0.686. The second-order valence-electron chi connectivity index (χ2n) is 8.70. The molecule has 0 aromatic heterocycles. The fourth-order valence-electron chi connectivity index (χ4n) is 3.84. The fraction of sp³-hybridized carbons (Fsp3) is 1.00. The van der Waals surface area contributed by atoms with Crippen molar-refractivity contribution in [2.45, 2.75) is 91.2 Å². The van der Waals surface area contributed by atoms with Gasteiger partial charge in [0.25, 0.3) is 0 Å². The van der Waals surface area contributed by atoms with Gasteiger partial charge in [0, 0.05) is 12.6 Å². The maximum Gasteiger partial charge on any atom is 0.0685 e. The molecule has 2 heteroatoms. The summed E-state index contributed by atoms with van der Waals surface area (Å²) < 4.78 is 6.13. The van der Waals surface area contributed by atoms with E-state index in [1.807, 2.05) is 0 Å². The zero-order valence-corrected chi connectivity index (χ0v) is 15.0. The van der Waals surface area contributed by atoms with Crippen molar-refractivity contribution in [3.8, 4) is 0 Å². The monoisotopic (exact) mass is 295 g/mol. The van der Waals surface area contributed by atoms with E-state index in [-0.39, 0.29) is 5.60 Å². The lowest BCUT2D eigenvalue weighted by Gasteiger charge is -2.49. The molecule has 1 saturated carbocycles. The Morgan fingerprint density at radius 2 is 2.00 bits per heavy atom. The quantitative estimate of drug-likeness (QED) is 0.761. The first-order valence-corrected chi connectivity index (χ1v) is 9.24. The molecular weight excluding hydrogens is 258 g/mol. The minimum Gasteiger partial charge on any atom is -0.375 e. The highest BCUT2D eigenvalue weighted by molar-refractivity contribution is 4.97. The van der Waals surface area contributed by atoms with E-state index >= 15 is 0 Å². The highest BCUT2D eigenvalue weighted by atomic mass is 16.5. The molecule has 0 bridgehead atoms. The maximum atomic E-state index is 6.13. The Balaban J connectivity index is 1.97. The van der Waals surface area contributed by atoms with Gasteiger partial charge in [0.1, 0.15) is 0 Å². The van der Waals surface area contributed by atoms with Crippen LogP contribution in [-0.2, 0) is 4.74 Å². The van der Waals surface area contributed by atoms with Crippen LogP contribution in [-0.4, -0.2) is 24.8 Å². The van der Waals surface area contributed by atoms with Gasteiger partial charge in [0.05, 0.1) is 5.60 Å². The first kappa shape index (κ1) is 17.3. The van der Waals surface area contributed by atoms with E-state index in [2.05, 4.69) is 39.9 Å². The topological polar surface area (TPSA) is 21.3 Å². The van der Waals surface area contributed by atoms with Gasteiger partial charge in [-0.1, -0.05) is 34.6 Å². The van der Waals surface area contributed by atoms with E-state index in [0.29, 0.717) is 11.5 Å². The smallest absolute Gasteiger partial charge is 0.0685 e. The molecule has 21 heavy (non-hydrogen) atoms. The van der Waals surface area contributed by atoms with Crippen LogP contribution in [0.2, 0.25) is 0 Å². The van der Waals surface area contributed by atoms with Gasteiger partial charge in [0.2, 0.25) is 0 Å². The van der Waals surface area contributed by atoms with E-state index in [4.69, 9.17) is 4.74 Å². The van der Waals surface area contributed by atoms with Gasteiger partial charge < -0.3 is 10.1 Å². The molecule has 1 spiro atoms. The average molecular weight is 296 g/mol. The highest BCUT2D eigenvalue weighted by Crippen LogP contribution is 2.46. The third-order valence-corrected chi connectivity index (χ3v) is 6.11. The van der Waals surface area contributed by atoms with E-state index in [0.717, 1.165) is 25.0 Å².